The van der Waals surface area contributed by atoms with Crippen molar-refractivity contribution in [3.63, 3.8) is 0 Å². The molecule has 0 unspecified atom stereocenters. The summed E-state index contributed by atoms with van der Waals surface area (Å²) in [6, 6.07) is 6.01. The first-order valence-corrected chi connectivity index (χ1v) is 6.38. The van der Waals surface area contributed by atoms with Crippen molar-refractivity contribution in [3.8, 4) is 0 Å². The molecule has 0 atom stereocenters. The summed E-state index contributed by atoms with van der Waals surface area (Å²) in [5.74, 6) is 1.60. The Balaban J connectivity index is 2.16. The Morgan fingerprint density at radius 3 is 2.63 bits per heavy atom. The quantitative estimate of drug-likeness (QED) is 0.890. The molecule has 2 heterocycles. The van der Waals surface area contributed by atoms with Crippen molar-refractivity contribution in [2.75, 3.05) is 23.8 Å². The zero-order valence-electron chi connectivity index (χ0n) is 11.6. The van der Waals surface area contributed by atoms with Crippen LogP contribution in [0.2, 0.25) is 0 Å². The Bertz CT molecular complexity index is 527. The molecule has 0 bridgehead atoms. The van der Waals surface area contributed by atoms with Gasteiger partial charge in [-0.05, 0) is 31.5 Å². The molecule has 2 aromatic heterocycles. The van der Waals surface area contributed by atoms with Crippen molar-refractivity contribution in [2.45, 2.75) is 20.4 Å². The summed E-state index contributed by atoms with van der Waals surface area (Å²) in [6.07, 6.45) is 3.61. The molecule has 0 spiro atoms. The third-order valence-electron chi connectivity index (χ3n) is 2.74. The molecule has 0 aliphatic rings. The van der Waals surface area contributed by atoms with Crippen molar-refractivity contribution >= 4 is 11.8 Å². The number of hydrogen-bond donors (Lipinski definition) is 1. The van der Waals surface area contributed by atoms with E-state index in [0.29, 0.717) is 5.95 Å². The molecule has 0 amide bonds. The molecule has 0 aliphatic heterocycles. The van der Waals surface area contributed by atoms with E-state index in [-0.39, 0.29) is 0 Å². The molecule has 2 aromatic rings. The SMILES string of the molecule is CCNc1nc(C)cc(N(C)Cc2ccncc2)n1. The summed E-state index contributed by atoms with van der Waals surface area (Å²) < 4.78 is 0. The van der Waals surface area contributed by atoms with Gasteiger partial charge in [-0.1, -0.05) is 0 Å². The van der Waals surface area contributed by atoms with Gasteiger partial charge in [0.25, 0.3) is 0 Å². The first-order chi connectivity index (χ1) is 9.19. The maximum Gasteiger partial charge on any atom is 0.224 e. The lowest BCUT2D eigenvalue weighted by atomic mass is 10.2. The van der Waals surface area contributed by atoms with Crippen LogP contribution in [0.1, 0.15) is 18.2 Å². The first kappa shape index (κ1) is 13.3. The van der Waals surface area contributed by atoms with Gasteiger partial charge in [-0.3, -0.25) is 4.98 Å². The smallest absolute Gasteiger partial charge is 0.224 e. The normalized spacial score (nSPS) is 10.3. The fourth-order valence-electron chi connectivity index (χ4n) is 1.83. The van der Waals surface area contributed by atoms with Crippen LogP contribution in [0.5, 0.6) is 0 Å². The molecule has 0 aromatic carbocycles. The molecule has 0 fully saturated rings. The molecular formula is C14H19N5. The van der Waals surface area contributed by atoms with Crippen LogP contribution in [0.4, 0.5) is 11.8 Å². The van der Waals surface area contributed by atoms with Crippen molar-refractivity contribution in [2.24, 2.45) is 0 Å². The Kier molecular flexibility index (Phi) is 4.28. The fourth-order valence-corrected chi connectivity index (χ4v) is 1.83. The number of nitrogens with zero attached hydrogens (tertiary/aromatic N) is 4. The van der Waals surface area contributed by atoms with Gasteiger partial charge in [0.05, 0.1) is 0 Å². The highest BCUT2D eigenvalue weighted by Crippen LogP contribution is 2.15. The lowest BCUT2D eigenvalue weighted by Gasteiger charge is -2.19. The maximum atomic E-state index is 4.51. The van der Waals surface area contributed by atoms with Gasteiger partial charge in [-0.25, -0.2) is 4.98 Å². The molecule has 0 aliphatic carbocycles. The minimum atomic E-state index is 0.680. The number of rotatable bonds is 5. The van der Waals surface area contributed by atoms with Crippen LogP contribution in [0.3, 0.4) is 0 Å². The molecule has 1 N–H and O–H groups in total. The van der Waals surface area contributed by atoms with E-state index in [9.17, 15) is 0 Å². The molecule has 19 heavy (non-hydrogen) atoms. The Labute approximate surface area is 113 Å². The van der Waals surface area contributed by atoms with Gasteiger partial charge in [0.2, 0.25) is 5.95 Å². The average Bonchev–Trinajstić information content (AvgIpc) is 2.39. The third kappa shape index (κ3) is 3.64. The van der Waals surface area contributed by atoms with E-state index in [4.69, 9.17) is 0 Å². The van der Waals surface area contributed by atoms with Crippen LogP contribution >= 0.6 is 0 Å². The molecule has 5 heteroatoms. The summed E-state index contributed by atoms with van der Waals surface area (Å²) in [5.41, 5.74) is 2.17. The number of nitrogens with one attached hydrogen (secondary N) is 1. The molecule has 0 saturated carbocycles. The number of anilines is 2. The summed E-state index contributed by atoms with van der Waals surface area (Å²) in [4.78, 5) is 15.0. The largest absolute Gasteiger partial charge is 0.355 e. The van der Waals surface area contributed by atoms with Crippen LogP contribution in [-0.2, 0) is 6.54 Å². The van der Waals surface area contributed by atoms with Crippen LogP contribution < -0.4 is 10.2 Å². The lowest BCUT2D eigenvalue weighted by molar-refractivity contribution is 0.883. The molecule has 0 radical (unpaired) electrons. The number of hydrogen-bond acceptors (Lipinski definition) is 5. The summed E-state index contributed by atoms with van der Waals surface area (Å²) in [7, 11) is 2.03. The lowest BCUT2D eigenvalue weighted by Crippen LogP contribution is -2.19. The monoisotopic (exact) mass is 257 g/mol. The topological polar surface area (TPSA) is 53.9 Å². The zero-order valence-corrected chi connectivity index (χ0v) is 11.6. The second-order valence-electron chi connectivity index (χ2n) is 4.43. The Hall–Kier alpha value is -2.17. The first-order valence-electron chi connectivity index (χ1n) is 6.38. The third-order valence-corrected chi connectivity index (χ3v) is 2.74. The van der Waals surface area contributed by atoms with Crippen molar-refractivity contribution in [1.82, 2.24) is 15.0 Å². The summed E-state index contributed by atoms with van der Waals surface area (Å²) in [5, 5.41) is 3.15. The van der Waals surface area contributed by atoms with Gasteiger partial charge in [0.1, 0.15) is 5.82 Å². The van der Waals surface area contributed by atoms with Gasteiger partial charge in [0, 0.05) is 44.3 Å². The highest BCUT2D eigenvalue weighted by Gasteiger charge is 2.07. The van der Waals surface area contributed by atoms with Gasteiger partial charge in [0.15, 0.2) is 0 Å². The number of pyridine rings is 1. The highest BCUT2D eigenvalue weighted by atomic mass is 15.2. The van der Waals surface area contributed by atoms with Crippen molar-refractivity contribution in [3.05, 3.63) is 41.9 Å². The molecule has 0 saturated heterocycles. The molecule has 2 rings (SSSR count). The minimum Gasteiger partial charge on any atom is -0.355 e. The predicted octanol–water partition coefficient (Wildman–Crippen LogP) is 2.25. The van der Waals surface area contributed by atoms with E-state index in [2.05, 4.69) is 25.2 Å². The van der Waals surface area contributed by atoms with E-state index in [1.165, 1.54) is 5.56 Å². The molecular weight excluding hydrogens is 238 g/mol. The number of aromatic nitrogens is 3. The standard InChI is InChI=1S/C14H19N5/c1-4-16-14-17-11(2)9-13(18-14)19(3)10-12-5-7-15-8-6-12/h5-9H,4,10H2,1-3H3,(H,16,17,18). The minimum absolute atomic E-state index is 0.680. The second-order valence-corrected chi connectivity index (χ2v) is 4.43. The van der Waals surface area contributed by atoms with E-state index in [0.717, 1.165) is 24.6 Å². The van der Waals surface area contributed by atoms with E-state index in [1.807, 2.05) is 39.1 Å². The van der Waals surface area contributed by atoms with E-state index < -0.39 is 0 Å². The van der Waals surface area contributed by atoms with E-state index >= 15 is 0 Å². The summed E-state index contributed by atoms with van der Waals surface area (Å²) >= 11 is 0. The molecule has 100 valence electrons. The van der Waals surface area contributed by atoms with Crippen molar-refractivity contribution in [1.29, 1.82) is 0 Å². The number of aryl methyl sites for hydroxylation is 1. The Morgan fingerprint density at radius 2 is 1.95 bits per heavy atom. The summed E-state index contributed by atoms with van der Waals surface area (Å²) in [6.45, 7) is 5.62. The zero-order chi connectivity index (χ0) is 13.7. The average molecular weight is 257 g/mol. The van der Waals surface area contributed by atoms with Gasteiger partial charge < -0.3 is 10.2 Å². The van der Waals surface area contributed by atoms with Gasteiger partial charge in [-0.15, -0.1) is 0 Å². The van der Waals surface area contributed by atoms with Crippen molar-refractivity contribution < 1.29 is 0 Å². The van der Waals surface area contributed by atoms with Crippen LogP contribution in [-0.4, -0.2) is 28.5 Å². The van der Waals surface area contributed by atoms with Crippen LogP contribution in [0.25, 0.3) is 0 Å². The second kappa shape index (κ2) is 6.13. The highest BCUT2D eigenvalue weighted by molar-refractivity contribution is 5.44. The van der Waals surface area contributed by atoms with Crippen LogP contribution in [0, 0.1) is 6.92 Å². The predicted molar refractivity (Wildman–Crippen MR) is 77.3 cm³/mol. The molecule has 5 nitrogen and oxygen atoms in total. The van der Waals surface area contributed by atoms with E-state index in [1.54, 1.807) is 12.4 Å². The van der Waals surface area contributed by atoms with Gasteiger partial charge in [-0.2, -0.15) is 4.98 Å². The van der Waals surface area contributed by atoms with Crippen LogP contribution in [0.15, 0.2) is 30.6 Å². The Morgan fingerprint density at radius 1 is 1.21 bits per heavy atom. The van der Waals surface area contributed by atoms with Gasteiger partial charge >= 0.3 is 0 Å². The fraction of sp³-hybridized carbons (Fsp3) is 0.357. The maximum absolute atomic E-state index is 4.51.